The van der Waals surface area contributed by atoms with Crippen LogP contribution in [0, 0.1) is 5.92 Å². The Kier molecular flexibility index (Phi) is 2.94. The van der Waals surface area contributed by atoms with Gasteiger partial charge in [-0.15, -0.1) is 11.6 Å². The van der Waals surface area contributed by atoms with Gasteiger partial charge in [0.2, 0.25) is 0 Å². The minimum absolute atomic E-state index is 0.580. The lowest BCUT2D eigenvalue weighted by molar-refractivity contribution is -0.113. The third-order valence-electron chi connectivity index (χ3n) is 2.15. The van der Waals surface area contributed by atoms with Crippen LogP contribution in [-0.4, -0.2) is 22.2 Å². The van der Waals surface area contributed by atoms with Gasteiger partial charge >= 0.3 is 0 Å². The van der Waals surface area contributed by atoms with Gasteiger partial charge in [-0.05, 0) is 19.9 Å². The average Bonchev–Trinajstić information content (AvgIpc) is 1.83. The van der Waals surface area contributed by atoms with Crippen molar-refractivity contribution in [2.24, 2.45) is 5.92 Å². The SMILES string of the molecule is CC1(Cl)CCNC(Cl)(Cl)C1C=O. The minimum Gasteiger partial charge on any atom is -0.303 e. The lowest BCUT2D eigenvalue weighted by atomic mass is 9.88. The maximum absolute atomic E-state index is 10.7. The van der Waals surface area contributed by atoms with E-state index in [0.29, 0.717) is 19.3 Å². The van der Waals surface area contributed by atoms with E-state index in [0.717, 1.165) is 0 Å². The Morgan fingerprint density at radius 2 is 2.08 bits per heavy atom. The molecule has 0 bridgehead atoms. The number of carbonyl (C=O) groups is 1. The lowest BCUT2D eigenvalue weighted by Crippen LogP contribution is -2.56. The van der Waals surface area contributed by atoms with Crippen molar-refractivity contribution >= 4 is 41.1 Å². The molecular formula is C7H10Cl3NO. The molecule has 1 N–H and O–H groups in total. The van der Waals surface area contributed by atoms with Crippen LogP contribution in [0.4, 0.5) is 0 Å². The molecule has 0 amide bonds. The first kappa shape index (κ1) is 10.6. The van der Waals surface area contributed by atoms with Crippen LogP contribution < -0.4 is 5.32 Å². The van der Waals surface area contributed by atoms with E-state index >= 15 is 0 Å². The van der Waals surface area contributed by atoms with Crippen molar-refractivity contribution in [1.82, 2.24) is 5.32 Å². The first-order chi connectivity index (χ1) is 5.40. The molecule has 0 aliphatic carbocycles. The van der Waals surface area contributed by atoms with E-state index in [1.54, 1.807) is 6.92 Å². The van der Waals surface area contributed by atoms with Crippen molar-refractivity contribution in [2.45, 2.75) is 22.7 Å². The van der Waals surface area contributed by atoms with E-state index in [2.05, 4.69) is 5.32 Å². The second-order valence-corrected chi connectivity index (χ2v) is 5.44. The number of hydrogen-bond acceptors (Lipinski definition) is 2. The molecule has 0 aromatic carbocycles. The van der Waals surface area contributed by atoms with Gasteiger partial charge in [-0.1, -0.05) is 23.2 Å². The molecule has 5 heteroatoms. The number of carbonyl (C=O) groups excluding carboxylic acids is 1. The number of aldehydes is 1. The Bertz CT molecular complexity index is 177. The summed E-state index contributed by atoms with van der Waals surface area (Å²) in [5, 5.41) is 2.83. The molecule has 1 aliphatic heterocycles. The van der Waals surface area contributed by atoms with Gasteiger partial charge in [0.05, 0.1) is 10.8 Å². The highest BCUT2D eigenvalue weighted by Crippen LogP contribution is 2.42. The quantitative estimate of drug-likeness (QED) is 0.424. The number of rotatable bonds is 1. The van der Waals surface area contributed by atoms with Crippen molar-refractivity contribution in [2.75, 3.05) is 6.54 Å². The smallest absolute Gasteiger partial charge is 0.180 e. The van der Waals surface area contributed by atoms with Crippen LogP contribution in [0.3, 0.4) is 0 Å². The maximum atomic E-state index is 10.7. The van der Waals surface area contributed by atoms with Crippen LogP contribution in [0.2, 0.25) is 0 Å². The summed E-state index contributed by atoms with van der Waals surface area (Å²) in [5.41, 5.74) is 0. The normalized spacial score (nSPS) is 40.8. The topological polar surface area (TPSA) is 29.1 Å². The first-order valence-electron chi connectivity index (χ1n) is 3.67. The predicted molar refractivity (Wildman–Crippen MR) is 50.9 cm³/mol. The van der Waals surface area contributed by atoms with E-state index in [9.17, 15) is 4.79 Å². The molecule has 0 aromatic heterocycles. The Balaban J connectivity index is 2.88. The maximum Gasteiger partial charge on any atom is 0.180 e. The molecule has 70 valence electrons. The summed E-state index contributed by atoms with van der Waals surface area (Å²) in [7, 11) is 0. The average molecular weight is 231 g/mol. The predicted octanol–water partition coefficient (Wildman–Crippen LogP) is 1.92. The van der Waals surface area contributed by atoms with Gasteiger partial charge < -0.3 is 4.79 Å². The highest BCUT2D eigenvalue weighted by atomic mass is 35.5. The fourth-order valence-corrected chi connectivity index (χ4v) is 2.54. The second kappa shape index (κ2) is 3.33. The molecular weight excluding hydrogens is 220 g/mol. The fourth-order valence-electron chi connectivity index (χ4n) is 1.34. The Morgan fingerprint density at radius 1 is 1.50 bits per heavy atom. The minimum atomic E-state index is -1.23. The van der Waals surface area contributed by atoms with Gasteiger partial charge in [-0.3, -0.25) is 5.32 Å². The van der Waals surface area contributed by atoms with Gasteiger partial charge in [-0.2, -0.15) is 0 Å². The summed E-state index contributed by atoms with van der Waals surface area (Å²) < 4.78 is -1.23. The van der Waals surface area contributed by atoms with E-state index in [1.807, 2.05) is 0 Å². The van der Waals surface area contributed by atoms with Crippen LogP contribution in [0.25, 0.3) is 0 Å². The number of hydrogen-bond donors (Lipinski definition) is 1. The summed E-state index contributed by atoms with van der Waals surface area (Å²) in [6.45, 7) is 2.39. The zero-order valence-corrected chi connectivity index (χ0v) is 8.88. The van der Waals surface area contributed by atoms with Crippen LogP contribution in [0.15, 0.2) is 0 Å². The van der Waals surface area contributed by atoms with Gasteiger partial charge in [0, 0.05) is 0 Å². The third kappa shape index (κ3) is 1.87. The molecule has 2 unspecified atom stereocenters. The summed E-state index contributed by atoms with van der Waals surface area (Å²) in [4.78, 5) is 10.1. The first-order valence-corrected chi connectivity index (χ1v) is 4.80. The van der Waals surface area contributed by atoms with Crippen molar-refractivity contribution in [3.8, 4) is 0 Å². The Labute approximate surface area is 86.5 Å². The molecule has 0 saturated carbocycles. The molecule has 1 rings (SSSR count). The number of alkyl halides is 3. The number of piperidine rings is 1. The zero-order chi connectivity index (χ0) is 9.41. The van der Waals surface area contributed by atoms with Crippen molar-refractivity contribution in [3.05, 3.63) is 0 Å². The molecule has 0 aromatic rings. The van der Waals surface area contributed by atoms with Crippen molar-refractivity contribution in [1.29, 1.82) is 0 Å². The van der Waals surface area contributed by atoms with Gasteiger partial charge in [-0.25, -0.2) is 0 Å². The van der Waals surface area contributed by atoms with Crippen molar-refractivity contribution in [3.63, 3.8) is 0 Å². The third-order valence-corrected chi connectivity index (χ3v) is 3.31. The molecule has 1 heterocycles. The Hall–Kier alpha value is 0.500. The molecule has 1 aliphatic rings. The van der Waals surface area contributed by atoms with E-state index < -0.39 is 15.2 Å². The molecule has 2 nitrogen and oxygen atoms in total. The van der Waals surface area contributed by atoms with E-state index in [1.165, 1.54) is 0 Å². The van der Waals surface area contributed by atoms with Gasteiger partial charge in [0.15, 0.2) is 4.46 Å². The highest BCUT2D eigenvalue weighted by Gasteiger charge is 2.49. The van der Waals surface area contributed by atoms with E-state index in [-0.39, 0.29) is 0 Å². The monoisotopic (exact) mass is 229 g/mol. The van der Waals surface area contributed by atoms with Crippen LogP contribution >= 0.6 is 34.8 Å². The summed E-state index contributed by atoms with van der Waals surface area (Å²) in [6.07, 6.45) is 1.39. The van der Waals surface area contributed by atoms with Crippen molar-refractivity contribution < 1.29 is 4.79 Å². The van der Waals surface area contributed by atoms with Gasteiger partial charge in [0.25, 0.3) is 0 Å². The van der Waals surface area contributed by atoms with Gasteiger partial charge in [0.1, 0.15) is 6.29 Å². The molecule has 2 atom stereocenters. The molecule has 1 fully saturated rings. The van der Waals surface area contributed by atoms with Crippen LogP contribution in [-0.2, 0) is 4.79 Å². The molecule has 12 heavy (non-hydrogen) atoms. The van der Waals surface area contributed by atoms with Crippen LogP contribution in [0.1, 0.15) is 13.3 Å². The lowest BCUT2D eigenvalue weighted by Gasteiger charge is -2.41. The number of nitrogens with one attached hydrogen (secondary N) is 1. The summed E-state index contributed by atoms with van der Waals surface area (Å²) in [6, 6.07) is 0. The largest absolute Gasteiger partial charge is 0.303 e. The summed E-state index contributed by atoms with van der Waals surface area (Å²) in [5.74, 6) is -0.580. The second-order valence-electron chi connectivity index (χ2n) is 3.19. The molecule has 0 spiro atoms. The fraction of sp³-hybridized carbons (Fsp3) is 0.857. The number of halogens is 3. The van der Waals surface area contributed by atoms with E-state index in [4.69, 9.17) is 34.8 Å². The molecule has 1 saturated heterocycles. The molecule has 0 radical (unpaired) electrons. The zero-order valence-electron chi connectivity index (χ0n) is 6.61. The van der Waals surface area contributed by atoms with Crippen LogP contribution in [0.5, 0.6) is 0 Å². The highest BCUT2D eigenvalue weighted by molar-refractivity contribution is 6.49. The standard InChI is InChI=1S/C7H10Cl3NO/c1-6(8)2-3-11-7(9,10)5(6)4-12/h4-5,11H,2-3H2,1H3. The Morgan fingerprint density at radius 3 is 2.42 bits per heavy atom. The summed E-state index contributed by atoms with van der Waals surface area (Å²) >= 11 is 17.8.